The number of nitro groups is 1. The molecule has 0 aliphatic carbocycles. The predicted molar refractivity (Wildman–Crippen MR) is 117 cm³/mol. The Bertz CT molecular complexity index is 873. The highest BCUT2D eigenvalue weighted by molar-refractivity contribution is 6.05. The first-order valence-corrected chi connectivity index (χ1v) is 10.4. The molecule has 1 saturated heterocycles. The number of para-hydroxylation sites is 1. The van der Waals surface area contributed by atoms with Crippen LogP contribution in [0.3, 0.4) is 0 Å². The summed E-state index contributed by atoms with van der Waals surface area (Å²) in [6, 6.07) is 12.5. The van der Waals surface area contributed by atoms with Crippen LogP contribution in [-0.4, -0.2) is 23.9 Å². The van der Waals surface area contributed by atoms with Crippen molar-refractivity contribution in [1.29, 1.82) is 0 Å². The van der Waals surface area contributed by atoms with E-state index < -0.39 is 0 Å². The summed E-state index contributed by atoms with van der Waals surface area (Å²) >= 11 is 0. The van der Waals surface area contributed by atoms with Gasteiger partial charge in [-0.2, -0.15) is 0 Å². The molecule has 1 N–H and O–H groups in total. The molecule has 0 bridgehead atoms. The minimum absolute atomic E-state index is 0.00485. The van der Waals surface area contributed by atoms with Crippen LogP contribution in [0.1, 0.15) is 67.8 Å². The van der Waals surface area contributed by atoms with Gasteiger partial charge in [0.1, 0.15) is 5.69 Å². The van der Waals surface area contributed by atoms with Gasteiger partial charge in [-0.05, 0) is 48.9 Å². The number of nitrogens with one attached hydrogen (secondary N) is 1. The number of benzene rings is 2. The van der Waals surface area contributed by atoms with E-state index in [1.165, 1.54) is 6.07 Å². The van der Waals surface area contributed by atoms with E-state index in [1.54, 1.807) is 12.1 Å². The third kappa shape index (κ3) is 4.94. The Morgan fingerprint density at radius 1 is 1.14 bits per heavy atom. The van der Waals surface area contributed by atoms with Crippen LogP contribution in [-0.2, 0) is 0 Å². The predicted octanol–water partition coefficient (Wildman–Crippen LogP) is 5.74. The fraction of sp³-hybridized carbons (Fsp3) is 0.435. The third-order valence-corrected chi connectivity index (χ3v) is 5.73. The van der Waals surface area contributed by atoms with Crippen LogP contribution in [0.2, 0.25) is 0 Å². The van der Waals surface area contributed by atoms with Crippen LogP contribution >= 0.6 is 0 Å². The summed E-state index contributed by atoms with van der Waals surface area (Å²) in [6.45, 7) is 5.85. The molecule has 0 spiro atoms. The van der Waals surface area contributed by atoms with E-state index in [0.29, 0.717) is 17.2 Å². The molecule has 0 radical (unpaired) electrons. The van der Waals surface area contributed by atoms with Gasteiger partial charge in [-0.1, -0.05) is 44.9 Å². The molecule has 1 atom stereocenters. The summed E-state index contributed by atoms with van der Waals surface area (Å²) < 4.78 is 0. The smallest absolute Gasteiger partial charge is 0.293 e. The Hall–Kier alpha value is -2.89. The highest BCUT2D eigenvalue weighted by atomic mass is 16.6. The number of hydrogen-bond donors (Lipinski definition) is 1. The maximum Gasteiger partial charge on any atom is 0.293 e. The van der Waals surface area contributed by atoms with Gasteiger partial charge < -0.3 is 10.2 Å². The fourth-order valence-corrected chi connectivity index (χ4v) is 3.84. The van der Waals surface area contributed by atoms with Crippen LogP contribution in [0.4, 0.5) is 17.1 Å². The van der Waals surface area contributed by atoms with Gasteiger partial charge >= 0.3 is 0 Å². The number of carbonyl (C=O) groups is 1. The minimum atomic E-state index is -0.385. The van der Waals surface area contributed by atoms with Crippen LogP contribution < -0.4 is 10.2 Å². The second kappa shape index (κ2) is 9.54. The average molecular weight is 396 g/mol. The molecule has 29 heavy (non-hydrogen) atoms. The van der Waals surface area contributed by atoms with E-state index in [-0.39, 0.29) is 16.5 Å². The molecular formula is C23H29N3O3. The fourth-order valence-electron chi connectivity index (χ4n) is 3.84. The number of amides is 1. The zero-order valence-electron chi connectivity index (χ0n) is 17.2. The van der Waals surface area contributed by atoms with Crippen LogP contribution in [0.15, 0.2) is 42.5 Å². The van der Waals surface area contributed by atoms with E-state index in [9.17, 15) is 14.9 Å². The number of rotatable bonds is 6. The Morgan fingerprint density at radius 2 is 1.83 bits per heavy atom. The molecule has 1 amide bonds. The Morgan fingerprint density at radius 3 is 2.48 bits per heavy atom. The molecule has 1 aliphatic heterocycles. The summed E-state index contributed by atoms with van der Waals surface area (Å²) in [5, 5.41) is 14.7. The topological polar surface area (TPSA) is 75.5 Å². The lowest BCUT2D eigenvalue weighted by atomic mass is 9.96. The van der Waals surface area contributed by atoms with Crippen LogP contribution in [0, 0.1) is 10.1 Å². The van der Waals surface area contributed by atoms with Crippen molar-refractivity contribution in [3.8, 4) is 0 Å². The Kier molecular flexibility index (Phi) is 6.86. The molecule has 6 nitrogen and oxygen atoms in total. The van der Waals surface area contributed by atoms with Gasteiger partial charge in [0.25, 0.3) is 11.6 Å². The lowest BCUT2D eigenvalue weighted by Crippen LogP contribution is -2.25. The molecule has 0 aromatic heterocycles. The van der Waals surface area contributed by atoms with Gasteiger partial charge in [-0.15, -0.1) is 0 Å². The quantitative estimate of drug-likeness (QED) is 0.500. The van der Waals surface area contributed by atoms with Crippen molar-refractivity contribution in [2.45, 2.75) is 51.9 Å². The zero-order valence-corrected chi connectivity index (χ0v) is 17.2. The molecule has 1 aliphatic rings. The van der Waals surface area contributed by atoms with Crippen molar-refractivity contribution in [3.05, 3.63) is 63.7 Å². The van der Waals surface area contributed by atoms with Crippen molar-refractivity contribution in [1.82, 2.24) is 0 Å². The van der Waals surface area contributed by atoms with Gasteiger partial charge in [0.05, 0.1) is 4.92 Å². The summed E-state index contributed by atoms with van der Waals surface area (Å²) in [4.78, 5) is 26.2. The first-order valence-electron chi connectivity index (χ1n) is 10.4. The molecule has 3 rings (SSSR count). The molecule has 6 heteroatoms. The third-order valence-electron chi connectivity index (χ3n) is 5.73. The zero-order chi connectivity index (χ0) is 20.8. The molecule has 1 fully saturated rings. The number of nitrogens with zero attached hydrogens (tertiary/aromatic N) is 2. The van der Waals surface area contributed by atoms with Gasteiger partial charge in [0.2, 0.25) is 0 Å². The first kappa shape index (κ1) is 20.8. The normalized spacial score (nSPS) is 15.4. The minimum Gasteiger partial charge on any atom is -0.366 e. The number of carbonyl (C=O) groups excluding carboxylic acids is 1. The molecular weight excluding hydrogens is 366 g/mol. The van der Waals surface area contributed by atoms with E-state index in [0.717, 1.165) is 56.4 Å². The van der Waals surface area contributed by atoms with E-state index in [2.05, 4.69) is 24.1 Å². The lowest BCUT2D eigenvalue weighted by molar-refractivity contribution is -0.384. The summed E-state index contributed by atoms with van der Waals surface area (Å²) in [5.41, 5.74) is 2.72. The number of nitro benzene ring substituents is 1. The molecule has 0 unspecified atom stereocenters. The summed E-state index contributed by atoms with van der Waals surface area (Å²) in [6.07, 6.45) is 5.33. The van der Waals surface area contributed by atoms with Crippen molar-refractivity contribution < 1.29 is 9.72 Å². The number of anilines is 2. The number of hydrogen-bond acceptors (Lipinski definition) is 4. The first-order chi connectivity index (χ1) is 14.0. The standard InChI is InChI=1S/C23H29N3O3/c1-3-17(2)19-10-6-7-11-20(19)24-23(27)18-12-13-21(22(16-18)26(28)29)25-14-8-4-5-9-15-25/h6-7,10-13,16-17H,3-5,8-9,14-15H2,1-2H3,(H,24,27)/t17-/m0/s1. The van der Waals surface area contributed by atoms with Crippen molar-refractivity contribution in [2.24, 2.45) is 0 Å². The maximum absolute atomic E-state index is 12.8. The molecule has 2 aromatic carbocycles. The summed E-state index contributed by atoms with van der Waals surface area (Å²) in [7, 11) is 0. The SMILES string of the molecule is CC[C@H](C)c1ccccc1NC(=O)c1ccc(N2CCCCCC2)c([N+](=O)[O-])c1. The van der Waals surface area contributed by atoms with Gasteiger partial charge in [0.15, 0.2) is 0 Å². The Labute approximate surface area is 172 Å². The molecule has 0 saturated carbocycles. The highest BCUT2D eigenvalue weighted by Crippen LogP contribution is 2.32. The Balaban J connectivity index is 1.87. The van der Waals surface area contributed by atoms with Crippen molar-refractivity contribution >= 4 is 23.0 Å². The molecule has 1 heterocycles. The van der Waals surface area contributed by atoms with E-state index in [4.69, 9.17) is 0 Å². The van der Waals surface area contributed by atoms with Crippen molar-refractivity contribution in [3.63, 3.8) is 0 Å². The van der Waals surface area contributed by atoms with E-state index in [1.807, 2.05) is 24.3 Å². The van der Waals surface area contributed by atoms with Crippen LogP contribution in [0.5, 0.6) is 0 Å². The molecule has 154 valence electrons. The highest BCUT2D eigenvalue weighted by Gasteiger charge is 2.23. The van der Waals surface area contributed by atoms with Gasteiger partial charge in [0, 0.05) is 30.4 Å². The molecule has 2 aromatic rings. The second-order valence-corrected chi connectivity index (χ2v) is 7.71. The lowest BCUT2D eigenvalue weighted by Gasteiger charge is -2.22. The van der Waals surface area contributed by atoms with E-state index >= 15 is 0 Å². The largest absolute Gasteiger partial charge is 0.366 e. The summed E-state index contributed by atoms with van der Waals surface area (Å²) in [5.74, 6) is -0.0162. The maximum atomic E-state index is 12.8. The second-order valence-electron chi connectivity index (χ2n) is 7.71. The van der Waals surface area contributed by atoms with Crippen LogP contribution in [0.25, 0.3) is 0 Å². The van der Waals surface area contributed by atoms with Gasteiger partial charge in [-0.25, -0.2) is 0 Å². The monoisotopic (exact) mass is 395 g/mol. The average Bonchev–Trinajstić information content (AvgIpc) is 3.02. The van der Waals surface area contributed by atoms with Crippen molar-refractivity contribution in [2.75, 3.05) is 23.3 Å². The van der Waals surface area contributed by atoms with Gasteiger partial charge in [-0.3, -0.25) is 14.9 Å².